The lowest BCUT2D eigenvalue weighted by Crippen LogP contribution is -2.41. The maximum absolute atomic E-state index is 12.8. The first-order chi connectivity index (χ1) is 12.1. The van der Waals surface area contributed by atoms with E-state index in [1.807, 2.05) is 23.4 Å². The van der Waals surface area contributed by atoms with E-state index in [2.05, 4.69) is 28.3 Å². The van der Waals surface area contributed by atoms with Gasteiger partial charge in [0.15, 0.2) is 0 Å². The highest BCUT2D eigenvalue weighted by Crippen LogP contribution is 2.25. The minimum Gasteiger partial charge on any atom is -0.340 e. The number of likely N-dealkylation sites (tertiary alicyclic amines) is 1. The molecular weight excluding hydrogens is 312 g/mol. The Balaban J connectivity index is 1.44. The third-order valence-electron chi connectivity index (χ3n) is 5.52. The molecule has 1 fully saturated rings. The topological polar surface area (TPSA) is 51.0 Å². The lowest BCUT2D eigenvalue weighted by molar-refractivity contribution is -0.132. The van der Waals surface area contributed by atoms with Crippen molar-refractivity contribution in [3.8, 4) is 0 Å². The zero-order chi connectivity index (χ0) is 17.4. The molecule has 1 aromatic carbocycles. The summed E-state index contributed by atoms with van der Waals surface area (Å²) < 4.78 is 2.00. The second kappa shape index (κ2) is 6.62. The number of aryl methyl sites for hydroxylation is 4. The fourth-order valence-electron chi connectivity index (χ4n) is 4.28. The molecule has 1 aromatic heterocycles. The molecule has 0 radical (unpaired) electrons. The number of carbonyl (C=O) groups is 1. The van der Waals surface area contributed by atoms with Gasteiger partial charge in [0.1, 0.15) is 11.6 Å². The van der Waals surface area contributed by atoms with Crippen LogP contribution in [-0.2, 0) is 24.1 Å². The van der Waals surface area contributed by atoms with Crippen LogP contribution in [0.25, 0.3) is 0 Å². The quantitative estimate of drug-likeness (QED) is 0.865. The molecule has 5 nitrogen and oxygen atoms in total. The minimum absolute atomic E-state index is 0.233. The monoisotopic (exact) mass is 338 g/mol. The third-order valence-corrected chi connectivity index (χ3v) is 5.52. The van der Waals surface area contributed by atoms with Crippen molar-refractivity contribution < 1.29 is 4.79 Å². The van der Waals surface area contributed by atoms with Gasteiger partial charge < -0.3 is 4.90 Å². The predicted molar refractivity (Wildman–Crippen MR) is 96.5 cm³/mol. The van der Waals surface area contributed by atoms with Crippen LogP contribution in [0.3, 0.4) is 0 Å². The van der Waals surface area contributed by atoms with E-state index in [0.29, 0.717) is 6.42 Å². The molecule has 5 heteroatoms. The molecule has 1 aliphatic carbocycles. The predicted octanol–water partition coefficient (Wildman–Crippen LogP) is 2.79. The van der Waals surface area contributed by atoms with Gasteiger partial charge in [0.25, 0.3) is 0 Å². The van der Waals surface area contributed by atoms with Crippen molar-refractivity contribution in [1.82, 2.24) is 19.7 Å². The second-order valence-corrected chi connectivity index (χ2v) is 7.42. The van der Waals surface area contributed by atoms with Crippen molar-refractivity contribution in [3.63, 3.8) is 0 Å². The Labute approximate surface area is 149 Å². The Hall–Kier alpha value is -2.17. The molecule has 1 aliphatic heterocycles. The number of hydrogen-bond acceptors (Lipinski definition) is 3. The average Bonchev–Trinajstić information content (AvgIpc) is 3.20. The fourth-order valence-corrected chi connectivity index (χ4v) is 4.28. The van der Waals surface area contributed by atoms with Crippen LogP contribution in [0.5, 0.6) is 0 Å². The summed E-state index contributed by atoms with van der Waals surface area (Å²) in [6, 6.07) is 6.84. The Morgan fingerprint density at radius 3 is 2.84 bits per heavy atom. The number of piperidine rings is 1. The normalized spacial score (nSPS) is 19.9. The molecule has 0 N–H and O–H groups in total. The van der Waals surface area contributed by atoms with Crippen molar-refractivity contribution in [3.05, 3.63) is 46.5 Å². The zero-order valence-electron chi connectivity index (χ0n) is 15.2. The van der Waals surface area contributed by atoms with E-state index in [1.54, 1.807) is 0 Å². The van der Waals surface area contributed by atoms with Gasteiger partial charge in [0.05, 0.1) is 12.5 Å². The summed E-state index contributed by atoms with van der Waals surface area (Å²) in [4.78, 5) is 19.2. The standard InChI is InChI=1S/C20H26N4O/c1-14-21-15(2)24(22-14)19-7-4-10-23(13-19)20(25)12-16-8-9-17-5-3-6-18(17)11-16/h8-9,11,19H,3-7,10,12-13H2,1-2H3. The van der Waals surface area contributed by atoms with Gasteiger partial charge in [-0.1, -0.05) is 18.2 Å². The summed E-state index contributed by atoms with van der Waals surface area (Å²) >= 11 is 0. The molecule has 1 atom stereocenters. The van der Waals surface area contributed by atoms with Gasteiger partial charge in [-0.3, -0.25) is 4.79 Å². The maximum Gasteiger partial charge on any atom is 0.227 e. The van der Waals surface area contributed by atoms with E-state index < -0.39 is 0 Å². The summed E-state index contributed by atoms with van der Waals surface area (Å²) in [5.74, 6) is 1.98. The molecule has 0 bridgehead atoms. The third kappa shape index (κ3) is 3.32. The summed E-state index contributed by atoms with van der Waals surface area (Å²) in [5, 5.41) is 4.52. The number of benzene rings is 1. The highest BCUT2D eigenvalue weighted by atomic mass is 16.2. The summed E-state index contributed by atoms with van der Waals surface area (Å²) in [6.45, 7) is 5.51. The van der Waals surface area contributed by atoms with Gasteiger partial charge in [-0.05, 0) is 62.6 Å². The minimum atomic E-state index is 0.233. The van der Waals surface area contributed by atoms with Gasteiger partial charge in [-0.2, -0.15) is 5.10 Å². The Morgan fingerprint density at radius 2 is 2.04 bits per heavy atom. The highest BCUT2D eigenvalue weighted by Gasteiger charge is 2.26. The molecule has 132 valence electrons. The number of carbonyl (C=O) groups excluding carboxylic acids is 1. The van der Waals surface area contributed by atoms with Gasteiger partial charge in [-0.25, -0.2) is 9.67 Å². The number of amides is 1. The SMILES string of the molecule is Cc1nc(C)n(C2CCCN(C(=O)Cc3ccc4c(c3)CCC4)C2)n1. The fraction of sp³-hybridized carbons (Fsp3) is 0.550. The molecule has 25 heavy (non-hydrogen) atoms. The van der Waals surface area contributed by atoms with Crippen molar-refractivity contribution in [2.24, 2.45) is 0 Å². The lowest BCUT2D eigenvalue weighted by atomic mass is 10.0. The molecule has 0 spiro atoms. The van der Waals surface area contributed by atoms with Crippen molar-refractivity contribution in [2.45, 2.75) is 58.4 Å². The average molecular weight is 338 g/mol. The molecule has 1 unspecified atom stereocenters. The Kier molecular flexibility index (Phi) is 4.32. The molecule has 2 aliphatic rings. The first-order valence-electron chi connectivity index (χ1n) is 9.38. The van der Waals surface area contributed by atoms with Crippen molar-refractivity contribution in [1.29, 1.82) is 0 Å². The first kappa shape index (κ1) is 16.3. The molecule has 2 heterocycles. The van der Waals surface area contributed by atoms with Gasteiger partial charge in [-0.15, -0.1) is 0 Å². The van der Waals surface area contributed by atoms with Gasteiger partial charge in [0, 0.05) is 13.1 Å². The summed E-state index contributed by atoms with van der Waals surface area (Å²) in [5.41, 5.74) is 4.06. The van der Waals surface area contributed by atoms with E-state index >= 15 is 0 Å². The highest BCUT2D eigenvalue weighted by molar-refractivity contribution is 5.79. The van der Waals surface area contributed by atoms with Crippen LogP contribution >= 0.6 is 0 Å². The summed E-state index contributed by atoms with van der Waals surface area (Å²) in [7, 11) is 0. The van der Waals surface area contributed by atoms with Gasteiger partial charge in [0.2, 0.25) is 5.91 Å². The summed E-state index contributed by atoms with van der Waals surface area (Å²) in [6.07, 6.45) is 6.19. The van der Waals surface area contributed by atoms with Crippen LogP contribution in [0.1, 0.15) is 53.6 Å². The van der Waals surface area contributed by atoms with E-state index in [9.17, 15) is 4.79 Å². The van der Waals surface area contributed by atoms with Crippen LogP contribution < -0.4 is 0 Å². The smallest absolute Gasteiger partial charge is 0.227 e. The lowest BCUT2D eigenvalue weighted by Gasteiger charge is -2.33. The van der Waals surface area contributed by atoms with Crippen LogP contribution in [0, 0.1) is 13.8 Å². The van der Waals surface area contributed by atoms with Crippen LogP contribution in [0.4, 0.5) is 0 Å². The Morgan fingerprint density at radius 1 is 1.20 bits per heavy atom. The van der Waals surface area contributed by atoms with Crippen molar-refractivity contribution in [2.75, 3.05) is 13.1 Å². The van der Waals surface area contributed by atoms with Gasteiger partial charge >= 0.3 is 0 Å². The molecule has 4 rings (SSSR count). The molecular formula is C20H26N4O. The molecule has 1 amide bonds. The number of aromatic nitrogens is 3. The number of fused-ring (bicyclic) bond motifs is 1. The van der Waals surface area contributed by atoms with Crippen molar-refractivity contribution >= 4 is 5.91 Å². The van der Waals surface area contributed by atoms with E-state index in [-0.39, 0.29) is 11.9 Å². The van der Waals surface area contributed by atoms with E-state index in [0.717, 1.165) is 49.6 Å². The van der Waals surface area contributed by atoms with Crippen LogP contribution in [-0.4, -0.2) is 38.7 Å². The zero-order valence-corrected chi connectivity index (χ0v) is 15.2. The number of rotatable bonds is 3. The number of nitrogens with zero attached hydrogens (tertiary/aromatic N) is 4. The molecule has 1 saturated heterocycles. The molecule has 2 aromatic rings. The Bertz CT molecular complexity index is 795. The van der Waals surface area contributed by atoms with E-state index in [1.165, 1.54) is 24.0 Å². The van der Waals surface area contributed by atoms with Crippen LogP contribution in [0.2, 0.25) is 0 Å². The van der Waals surface area contributed by atoms with Crippen LogP contribution in [0.15, 0.2) is 18.2 Å². The van der Waals surface area contributed by atoms with E-state index in [4.69, 9.17) is 0 Å². The number of hydrogen-bond donors (Lipinski definition) is 0. The first-order valence-corrected chi connectivity index (χ1v) is 9.38. The molecule has 0 saturated carbocycles. The largest absolute Gasteiger partial charge is 0.340 e. The maximum atomic E-state index is 12.8. The second-order valence-electron chi connectivity index (χ2n) is 7.42.